The van der Waals surface area contributed by atoms with Crippen LogP contribution in [0.25, 0.3) is 0 Å². The molecule has 0 aliphatic rings. The topological polar surface area (TPSA) is 117 Å². The minimum atomic E-state index is -0.999. The third-order valence-electron chi connectivity index (χ3n) is 4.51. The first-order chi connectivity index (χ1) is 15.4. The van der Waals surface area contributed by atoms with Gasteiger partial charge in [-0.25, -0.2) is 14.7 Å². The van der Waals surface area contributed by atoms with Gasteiger partial charge in [-0.3, -0.25) is 15.3 Å². The second-order valence-corrected chi connectivity index (χ2v) is 7.50. The monoisotopic (exact) mass is 464 g/mol. The number of anilines is 1. The zero-order chi connectivity index (χ0) is 23.5. The normalized spacial score (nSPS) is 12.9. The van der Waals surface area contributed by atoms with Gasteiger partial charge < -0.3 is 14.6 Å². The van der Waals surface area contributed by atoms with Crippen molar-refractivity contribution in [1.29, 1.82) is 0 Å². The van der Waals surface area contributed by atoms with Crippen molar-refractivity contribution in [2.75, 3.05) is 18.7 Å². The second kappa shape index (κ2) is 12.7. The van der Waals surface area contributed by atoms with E-state index in [0.29, 0.717) is 18.5 Å². The molecule has 0 saturated carbocycles. The Labute approximate surface area is 189 Å². The van der Waals surface area contributed by atoms with Crippen LogP contribution in [0.1, 0.15) is 24.5 Å². The van der Waals surface area contributed by atoms with Crippen LogP contribution in [-0.2, 0) is 14.3 Å². The van der Waals surface area contributed by atoms with Gasteiger partial charge in [0.15, 0.2) is 17.7 Å². The molecule has 0 radical (unpaired) electrons. The molecule has 0 heterocycles. The van der Waals surface area contributed by atoms with Gasteiger partial charge in [-0.05, 0) is 61.1 Å². The summed E-state index contributed by atoms with van der Waals surface area (Å²) in [6.07, 6.45) is 2.81. The Morgan fingerprint density at radius 3 is 2.53 bits per heavy atom. The number of hydrogen-bond donors (Lipinski definition) is 4. The Balaban J connectivity index is 2.18. The Kier molecular flexibility index (Phi) is 9.99. The lowest BCUT2D eigenvalue weighted by Crippen LogP contribution is -2.28. The van der Waals surface area contributed by atoms with Crippen LogP contribution in [0.2, 0.25) is 0 Å². The van der Waals surface area contributed by atoms with Gasteiger partial charge in [-0.2, -0.15) is 0 Å². The minimum absolute atomic E-state index is 0.289. The maximum absolute atomic E-state index is 14.0. The highest BCUT2D eigenvalue weighted by Gasteiger charge is 2.28. The zero-order valence-electron chi connectivity index (χ0n) is 17.6. The number of methoxy groups -OCH3 is 1. The van der Waals surface area contributed by atoms with E-state index < -0.39 is 35.8 Å². The van der Waals surface area contributed by atoms with Crippen molar-refractivity contribution in [3.63, 3.8) is 0 Å². The molecule has 0 unspecified atom stereocenters. The van der Waals surface area contributed by atoms with Gasteiger partial charge in [-0.1, -0.05) is 12.1 Å². The van der Waals surface area contributed by atoms with Crippen molar-refractivity contribution in [2.45, 2.75) is 29.9 Å². The average Bonchev–Trinajstić information content (AvgIpc) is 2.80. The number of nitrogens with one attached hydrogen (secondary N) is 2. The van der Waals surface area contributed by atoms with Gasteiger partial charge in [0.2, 0.25) is 0 Å². The van der Waals surface area contributed by atoms with Crippen molar-refractivity contribution in [2.24, 2.45) is 0 Å². The predicted molar refractivity (Wildman–Crippen MR) is 118 cm³/mol. The van der Waals surface area contributed by atoms with E-state index in [1.165, 1.54) is 24.7 Å². The van der Waals surface area contributed by atoms with Crippen LogP contribution < -0.4 is 10.8 Å². The van der Waals surface area contributed by atoms with Crippen LogP contribution >= 0.6 is 11.8 Å². The number of aromatic hydroxyl groups is 1. The standard InChI is InChI=1S/C22H25FN2O6S/c1-30-19(5-3-4-6-20(27)25-29)21(14-7-12-18(26)17(23)13-14)31-22(28)24-15-8-10-16(32-2)11-9-15/h4,6-13,19,21,26,29H,3,5H2,1-2H3,(H,24,28)(H,25,27)/b6-4+/t19-,21-/m1/s1. The molecule has 0 spiro atoms. The molecule has 172 valence electrons. The maximum atomic E-state index is 14.0. The molecule has 2 amide bonds. The fraction of sp³-hybridized carbons (Fsp3) is 0.273. The number of carbonyl (C=O) groups excluding carboxylic acids is 2. The van der Waals surface area contributed by atoms with Gasteiger partial charge in [0.1, 0.15) is 0 Å². The second-order valence-electron chi connectivity index (χ2n) is 6.62. The molecule has 0 aliphatic heterocycles. The number of benzene rings is 2. The summed E-state index contributed by atoms with van der Waals surface area (Å²) in [5.41, 5.74) is 2.29. The molecule has 8 nitrogen and oxygen atoms in total. The summed E-state index contributed by atoms with van der Waals surface area (Å²) in [6, 6.07) is 10.8. The van der Waals surface area contributed by atoms with Crippen molar-refractivity contribution < 1.29 is 33.8 Å². The van der Waals surface area contributed by atoms with Crippen LogP contribution in [0, 0.1) is 5.82 Å². The van der Waals surface area contributed by atoms with E-state index in [9.17, 15) is 19.1 Å². The number of carbonyl (C=O) groups is 2. The average molecular weight is 465 g/mol. The molecule has 0 bridgehead atoms. The maximum Gasteiger partial charge on any atom is 0.412 e. The molecule has 0 aliphatic carbocycles. The van der Waals surface area contributed by atoms with Gasteiger partial charge in [0, 0.05) is 23.8 Å². The van der Waals surface area contributed by atoms with Crippen LogP contribution in [0.3, 0.4) is 0 Å². The van der Waals surface area contributed by atoms with Crippen LogP contribution in [0.4, 0.5) is 14.9 Å². The molecule has 32 heavy (non-hydrogen) atoms. The number of allylic oxidation sites excluding steroid dienone is 1. The summed E-state index contributed by atoms with van der Waals surface area (Å²) in [7, 11) is 1.42. The molecule has 0 fully saturated rings. The molecule has 2 rings (SSSR count). The van der Waals surface area contributed by atoms with E-state index in [0.717, 1.165) is 23.1 Å². The van der Waals surface area contributed by atoms with Crippen molar-refractivity contribution in [1.82, 2.24) is 5.48 Å². The zero-order valence-corrected chi connectivity index (χ0v) is 18.4. The molecule has 4 N–H and O–H groups in total. The highest BCUT2D eigenvalue weighted by Crippen LogP contribution is 2.30. The number of hydrogen-bond acceptors (Lipinski definition) is 7. The van der Waals surface area contributed by atoms with E-state index >= 15 is 0 Å². The third kappa shape index (κ3) is 7.56. The third-order valence-corrected chi connectivity index (χ3v) is 5.25. The fourth-order valence-electron chi connectivity index (χ4n) is 2.88. The Morgan fingerprint density at radius 2 is 1.94 bits per heavy atom. The molecule has 2 aromatic carbocycles. The Hall–Kier alpha value is -3.08. The Morgan fingerprint density at radius 1 is 1.22 bits per heavy atom. The number of phenols is 1. The van der Waals surface area contributed by atoms with E-state index in [2.05, 4.69) is 5.32 Å². The quantitative estimate of drug-likeness (QED) is 0.178. The van der Waals surface area contributed by atoms with Crippen LogP contribution in [0.15, 0.2) is 59.5 Å². The molecular weight excluding hydrogens is 439 g/mol. The lowest BCUT2D eigenvalue weighted by Gasteiger charge is -2.26. The first-order valence-corrected chi connectivity index (χ1v) is 10.8. The van der Waals surface area contributed by atoms with Crippen LogP contribution in [0.5, 0.6) is 5.75 Å². The number of thioether (sulfide) groups is 1. The number of amides is 2. The summed E-state index contributed by atoms with van der Waals surface area (Å²) in [6.45, 7) is 0. The summed E-state index contributed by atoms with van der Waals surface area (Å²) in [5, 5.41) is 20.6. The number of halogens is 1. The summed E-state index contributed by atoms with van der Waals surface area (Å²) in [5.74, 6) is -2.07. The Bertz CT molecular complexity index is 939. The first-order valence-electron chi connectivity index (χ1n) is 9.61. The number of phenolic OH excluding ortho intramolecular Hbond substituents is 1. The minimum Gasteiger partial charge on any atom is -0.505 e. The van der Waals surface area contributed by atoms with E-state index in [-0.39, 0.29) is 5.56 Å². The summed E-state index contributed by atoms with van der Waals surface area (Å²) in [4.78, 5) is 24.7. The highest BCUT2D eigenvalue weighted by molar-refractivity contribution is 7.98. The number of rotatable bonds is 10. The summed E-state index contributed by atoms with van der Waals surface area (Å²) < 4.78 is 25.0. The van der Waals surface area contributed by atoms with Gasteiger partial charge >= 0.3 is 6.09 Å². The van der Waals surface area contributed by atoms with Crippen molar-refractivity contribution in [3.8, 4) is 5.75 Å². The molecule has 2 aromatic rings. The van der Waals surface area contributed by atoms with E-state index in [4.69, 9.17) is 14.7 Å². The molecule has 2 atom stereocenters. The van der Waals surface area contributed by atoms with E-state index in [1.807, 2.05) is 18.4 Å². The fourth-order valence-corrected chi connectivity index (χ4v) is 3.28. The van der Waals surface area contributed by atoms with Gasteiger partial charge in [-0.15, -0.1) is 11.8 Å². The van der Waals surface area contributed by atoms with Gasteiger partial charge in [0.25, 0.3) is 5.91 Å². The molecule has 0 saturated heterocycles. The number of ether oxygens (including phenoxy) is 2. The van der Waals surface area contributed by atoms with Crippen LogP contribution in [-0.4, -0.2) is 41.8 Å². The lowest BCUT2D eigenvalue weighted by atomic mass is 10.00. The molecular formula is C22H25FN2O6S. The van der Waals surface area contributed by atoms with E-state index in [1.54, 1.807) is 23.9 Å². The van der Waals surface area contributed by atoms with Crippen molar-refractivity contribution >= 4 is 29.4 Å². The van der Waals surface area contributed by atoms with Gasteiger partial charge in [0.05, 0.1) is 6.10 Å². The van der Waals surface area contributed by atoms with Crippen molar-refractivity contribution in [3.05, 3.63) is 66.0 Å². The smallest absolute Gasteiger partial charge is 0.412 e. The predicted octanol–water partition coefficient (Wildman–Crippen LogP) is 4.40. The molecule has 10 heteroatoms. The largest absolute Gasteiger partial charge is 0.505 e. The first kappa shape index (κ1) is 25.2. The lowest BCUT2D eigenvalue weighted by molar-refractivity contribution is -0.124. The molecule has 0 aromatic heterocycles. The highest BCUT2D eigenvalue weighted by atomic mass is 32.2. The SMILES string of the molecule is CO[C@H](CC/C=C/C(=O)NO)[C@H](OC(=O)Nc1ccc(SC)cc1)c1ccc(O)c(F)c1. The summed E-state index contributed by atoms with van der Waals surface area (Å²) >= 11 is 1.57. The number of hydroxylamine groups is 1.